The Bertz CT molecular complexity index is 933. The maximum atomic E-state index is 13.0. The van der Waals surface area contributed by atoms with E-state index in [0.717, 1.165) is 30.9 Å². The molecule has 0 radical (unpaired) electrons. The Balaban J connectivity index is 1.66. The van der Waals surface area contributed by atoms with Crippen molar-refractivity contribution in [3.63, 3.8) is 0 Å². The molecule has 0 atom stereocenters. The van der Waals surface area contributed by atoms with Gasteiger partial charge in [-0.05, 0) is 48.8 Å². The Labute approximate surface area is 188 Å². The van der Waals surface area contributed by atoms with Crippen LogP contribution >= 0.6 is 11.3 Å². The number of amides is 2. The molecular formula is C23H31N5O2S. The van der Waals surface area contributed by atoms with E-state index in [1.165, 1.54) is 4.88 Å². The van der Waals surface area contributed by atoms with Gasteiger partial charge >= 0.3 is 6.03 Å². The van der Waals surface area contributed by atoms with Gasteiger partial charge in [0, 0.05) is 35.1 Å². The van der Waals surface area contributed by atoms with Crippen LogP contribution in [0.2, 0.25) is 0 Å². The summed E-state index contributed by atoms with van der Waals surface area (Å²) in [5.41, 5.74) is 1.56. The van der Waals surface area contributed by atoms with E-state index in [9.17, 15) is 4.79 Å². The van der Waals surface area contributed by atoms with E-state index in [1.807, 2.05) is 54.5 Å². The quantitative estimate of drug-likeness (QED) is 0.462. The minimum Gasteiger partial charge on any atom is -0.334 e. The Morgan fingerprint density at radius 1 is 1.13 bits per heavy atom. The molecule has 3 aromatic rings. The molecular weight excluding hydrogens is 410 g/mol. The van der Waals surface area contributed by atoms with E-state index < -0.39 is 0 Å². The number of nitrogens with one attached hydrogen (secondary N) is 1. The molecule has 0 aliphatic carbocycles. The second kappa shape index (κ2) is 11.1. The number of carbonyl (C=O) groups is 1. The molecule has 0 unspecified atom stereocenters. The number of likely N-dealkylation sites (N-methyl/N-ethyl adjacent to an activating group) is 1. The lowest BCUT2D eigenvalue weighted by Crippen LogP contribution is -2.40. The van der Waals surface area contributed by atoms with Gasteiger partial charge in [-0.2, -0.15) is 4.98 Å². The lowest BCUT2D eigenvalue weighted by molar-refractivity contribution is 0.195. The third kappa shape index (κ3) is 6.38. The standard InChI is InChI=1S/C23H31N5O2S/c1-5-27(6-2)13-14-28(16-20-8-7-15-31-20)23(29)24-19-11-9-18(10-12-19)22-25-21(17(3)4)26-30-22/h7-12,15,17H,5-6,13-14,16H2,1-4H3,(H,24,29). The number of hydrogen-bond donors (Lipinski definition) is 1. The predicted molar refractivity (Wildman–Crippen MR) is 125 cm³/mol. The molecule has 31 heavy (non-hydrogen) atoms. The van der Waals surface area contributed by atoms with Crippen molar-refractivity contribution in [1.82, 2.24) is 19.9 Å². The highest BCUT2D eigenvalue weighted by Gasteiger charge is 2.17. The SMILES string of the molecule is CCN(CC)CCN(Cc1cccs1)C(=O)Nc1ccc(-c2nc(C(C)C)no2)cc1. The van der Waals surface area contributed by atoms with Gasteiger partial charge in [0.05, 0.1) is 6.54 Å². The van der Waals surface area contributed by atoms with E-state index in [4.69, 9.17) is 4.52 Å². The number of rotatable bonds is 10. The topological polar surface area (TPSA) is 74.5 Å². The first kappa shape index (κ1) is 23.0. The second-order valence-electron chi connectivity index (χ2n) is 7.65. The molecule has 3 rings (SSSR count). The van der Waals surface area contributed by atoms with Crippen molar-refractivity contribution in [3.8, 4) is 11.5 Å². The largest absolute Gasteiger partial charge is 0.334 e. The number of anilines is 1. The number of carbonyl (C=O) groups excluding carboxylic acids is 1. The molecule has 0 aliphatic rings. The lowest BCUT2D eigenvalue weighted by Gasteiger charge is -2.26. The summed E-state index contributed by atoms with van der Waals surface area (Å²) in [6.45, 7) is 12.4. The van der Waals surface area contributed by atoms with Crippen molar-refractivity contribution in [2.24, 2.45) is 0 Å². The smallest absolute Gasteiger partial charge is 0.322 e. The zero-order chi connectivity index (χ0) is 22.2. The molecule has 1 N–H and O–H groups in total. The molecule has 0 bridgehead atoms. The normalized spacial score (nSPS) is 11.3. The fourth-order valence-electron chi connectivity index (χ4n) is 3.13. The van der Waals surface area contributed by atoms with E-state index in [1.54, 1.807) is 11.3 Å². The van der Waals surface area contributed by atoms with E-state index in [-0.39, 0.29) is 11.9 Å². The lowest BCUT2D eigenvalue weighted by atomic mass is 10.2. The average molecular weight is 442 g/mol. The summed E-state index contributed by atoms with van der Waals surface area (Å²) in [5.74, 6) is 1.38. The number of nitrogens with zero attached hydrogens (tertiary/aromatic N) is 4. The molecule has 166 valence electrons. The second-order valence-corrected chi connectivity index (χ2v) is 8.68. The van der Waals surface area contributed by atoms with Gasteiger partial charge < -0.3 is 19.6 Å². The maximum absolute atomic E-state index is 13.0. The van der Waals surface area contributed by atoms with Crippen molar-refractivity contribution in [2.75, 3.05) is 31.5 Å². The van der Waals surface area contributed by atoms with Crippen LogP contribution in [0.1, 0.15) is 44.3 Å². The highest BCUT2D eigenvalue weighted by molar-refractivity contribution is 7.09. The number of thiophene rings is 1. The monoisotopic (exact) mass is 441 g/mol. The molecule has 8 heteroatoms. The average Bonchev–Trinajstić information content (AvgIpc) is 3.46. The van der Waals surface area contributed by atoms with Gasteiger partial charge in [0.15, 0.2) is 5.82 Å². The Kier molecular flexibility index (Phi) is 8.20. The van der Waals surface area contributed by atoms with Crippen molar-refractivity contribution in [1.29, 1.82) is 0 Å². The fourth-order valence-corrected chi connectivity index (χ4v) is 3.85. The van der Waals surface area contributed by atoms with Gasteiger partial charge in [-0.3, -0.25) is 0 Å². The van der Waals surface area contributed by atoms with E-state index >= 15 is 0 Å². The molecule has 2 heterocycles. The van der Waals surface area contributed by atoms with Crippen LogP contribution in [0.3, 0.4) is 0 Å². The predicted octanol–water partition coefficient (Wildman–Crippen LogP) is 5.30. The van der Waals surface area contributed by atoms with Gasteiger partial charge in [0.1, 0.15) is 0 Å². The third-order valence-electron chi connectivity index (χ3n) is 5.14. The number of hydrogen-bond acceptors (Lipinski definition) is 6. The number of benzene rings is 1. The molecule has 0 aliphatic heterocycles. The summed E-state index contributed by atoms with van der Waals surface area (Å²) in [6.07, 6.45) is 0. The first-order valence-electron chi connectivity index (χ1n) is 10.7. The van der Waals surface area contributed by atoms with Crippen LogP contribution in [0.15, 0.2) is 46.3 Å². The highest BCUT2D eigenvalue weighted by atomic mass is 32.1. The molecule has 0 spiro atoms. The van der Waals surface area contributed by atoms with Crippen LogP contribution in [-0.2, 0) is 6.54 Å². The van der Waals surface area contributed by atoms with E-state index in [0.29, 0.717) is 24.8 Å². The Morgan fingerprint density at radius 3 is 2.45 bits per heavy atom. The van der Waals surface area contributed by atoms with Crippen molar-refractivity contribution < 1.29 is 9.32 Å². The van der Waals surface area contributed by atoms with Gasteiger partial charge in [0.2, 0.25) is 0 Å². The van der Waals surface area contributed by atoms with Crippen molar-refractivity contribution in [2.45, 2.75) is 40.2 Å². The van der Waals surface area contributed by atoms with Gasteiger partial charge in [-0.25, -0.2) is 4.79 Å². The summed E-state index contributed by atoms with van der Waals surface area (Å²) >= 11 is 1.67. The van der Waals surface area contributed by atoms with Crippen molar-refractivity contribution >= 4 is 23.1 Å². The summed E-state index contributed by atoms with van der Waals surface area (Å²) in [5, 5.41) is 9.07. The zero-order valence-electron chi connectivity index (χ0n) is 18.7. The molecule has 1 aromatic carbocycles. The van der Waals surface area contributed by atoms with Crippen molar-refractivity contribution in [3.05, 3.63) is 52.5 Å². The van der Waals surface area contributed by atoms with Crippen LogP contribution in [0.5, 0.6) is 0 Å². The Hall–Kier alpha value is -2.71. The number of urea groups is 1. The summed E-state index contributed by atoms with van der Waals surface area (Å²) in [4.78, 5) is 22.8. The zero-order valence-corrected chi connectivity index (χ0v) is 19.5. The third-order valence-corrected chi connectivity index (χ3v) is 6.00. The van der Waals surface area contributed by atoms with Crippen LogP contribution in [-0.4, -0.2) is 52.2 Å². The number of aromatic nitrogens is 2. The van der Waals surface area contributed by atoms with E-state index in [2.05, 4.69) is 40.3 Å². The first-order chi connectivity index (χ1) is 15.0. The van der Waals surface area contributed by atoms with Gasteiger partial charge in [-0.15, -0.1) is 11.3 Å². The van der Waals surface area contributed by atoms with Crippen LogP contribution < -0.4 is 5.32 Å². The maximum Gasteiger partial charge on any atom is 0.322 e. The summed E-state index contributed by atoms with van der Waals surface area (Å²) in [6, 6.07) is 11.5. The fraction of sp³-hybridized carbons (Fsp3) is 0.435. The van der Waals surface area contributed by atoms with Gasteiger partial charge in [-0.1, -0.05) is 38.9 Å². The summed E-state index contributed by atoms with van der Waals surface area (Å²) in [7, 11) is 0. The van der Waals surface area contributed by atoms with Crippen LogP contribution in [0.4, 0.5) is 10.5 Å². The van der Waals surface area contributed by atoms with Crippen LogP contribution in [0.25, 0.3) is 11.5 Å². The molecule has 0 saturated heterocycles. The minimum absolute atomic E-state index is 0.104. The molecule has 2 amide bonds. The first-order valence-corrected chi connectivity index (χ1v) is 11.6. The Morgan fingerprint density at radius 2 is 1.87 bits per heavy atom. The van der Waals surface area contributed by atoms with Gasteiger partial charge in [0.25, 0.3) is 5.89 Å². The molecule has 0 fully saturated rings. The molecule has 2 aromatic heterocycles. The van der Waals surface area contributed by atoms with Crippen LogP contribution in [0, 0.1) is 0 Å². The summed E-state index contributed by atoms with van der Waals surface area (Å²) < 4.78 is 5.35. The minimum atomic E-state index is -0.104. The molecule has 0 saturated carbocycles. The highest BCUT2D eigenvalue weighted by Crippen LogP contribution is 2.22. The molecule has 7 nitrogen and oxygen atoms in total.